The molecule has 1 unspecified atom stereocenters. The number of nitrogens with zero attached hydrogens (tertiary/aromatic N) is 4. The average Bonchev–Trinajstić information content (AvgIpc) is 2.96. The van der Waals surface area contributed by atoms with Crippen LogP contribution in [0.25, 0.3) is 0 Å². The van der Waals surface area contributed by atoms with Gasteiger partial charge in [0.15, 0.2) is 11.6 Å². The third-order valence-electron chi connectivity index (χ3n) is 4.11. The van der Waals surface area contributed by atoms with E-state index in [1.165, 1.54) is 6.92 Å². The minimum Gasteiger partial charge on any atom is -0.380 e. The Kier molecular flexibility index (Phi) is 4.11. The molecule has 1 aliphatic heterocycles. The minimum absolute atomic E-state index is 0.0116. The Bertz CT molecular complexity index is 787. The quantitative estimate of drug-likeness (QED) is 0.876. The SMILES string of the molecule is CCc1nc2n(n1)CC(Nc1cc(C#N)ccc1C(C)=O)CC2. The Hall–Kier alpha value is -2.68. The number of carbonyl (C=O) groups excluding carboxylic acids is 1. The van der Waals surface area contributed by atoms with Gasteiger partial charge in [-0.05, 0) is 31.5 Å². The van der Waals surface area contributed by atoms with Crippen molar-refractivity contribution >= 4 is 11.5 Å². The highest BCUT2D eigenvalue weighted by atomic mass is 16.1. The monoisotopic (exact) mass is 309 g/mol. The van der Waals surface area contributed by atoms with Crippen LogP contribution in [0.3, 0.4) is 0 Å². The van der Waals surface area contributed by atoms with E-state index < -0.39 is 0 Å². The Labute approximate surface area is 135 Å². The molecular weight excluding hydrogens is 290 g/mol. The summed E-state index contributed by atoms with van der Waals surface area (Å²) in [7, 11) is 0. The Morgan fingerprint density at radius 1 is 1.52 bits per heavy atom. The number of aromatic nitrogens is 3. The van der Waals surface area contributed by atoms with Gasteiger partial charge in [-0.3, -0.25) is 4.79 Å². The molecule has 6 heteroatoms. The molecule has 0 spiro atoms. The van der Waals surface area contributed by atoms with Gasteiger partial charge in [0.1, 0.15) is 5.82 Å². The van der Waals surface area contributed by atoms with Crippen molar-refractivity contribution in [1.29, 1.82) is 5.26 Å². The lowest BCUT2D eigenvalue weighted by Crippen LogP contribution is -2.32. The second-order valence-electron chi connectivity index (χ2n) is 5.79. The molecule has 2 heterocycles. The number of fused-ring (bicyclic) bond motifs is 1. The van der Waals surface area contributed by atoms with Gasteiger partial charge in [0.2, 0.25) is 0 Å². The summed E-state index contributed by atoms with van der Waals surface area (Å²) in [6, 6.07) is 7.41. The van der Waals surface area contributed by atoms with E-state index in [9.17, 15) is 4.79 Å². The fraction of sp³-hybridized carbons (Fsp3) is 0.412. The lowest BCUT2D eigenvalue weighted by molar-refractivity contribution is 0.101. The topological polar surface area (TPSA) is 83.6 Å². The first-order valence-electron chi connectivity index (χ1n) is 7.85. The van der Waals surface area contributed by atoms with E-state index >= 15 is 0 Å². The van der Waals surface area contributed by atoms with Gasteiger partial charge in [-0.1, -0.05) is 6.92 Å². The number of benzene rings is 1. The van der Waals surface area contributed by atoms with Gasteiger partial charge in [-0.25, -0.2) is 9.67 Å². The third kappa shape index (κ3) is 3.09. The van der Waals surface area contributed by atoms with Crippen molar-refractivity contribution in [2.45, 2.75) is 45.7 Å². The molecule has 0 bridgehead atoms. The second-order valence-corrected chi connectivity index (χ2v) is 5.79. The van der Waals surface area contributed by atoms with Crippen LogP contribution >= 0.6 is 0 Å². The smallest absolute Gasteiger partial charge is 0.161 e. The molecule has 23 heavy (non-hydrogen) atoms. The van der Waals surface area contributed by atoms with Gasteiger partial charge in [-0.15, -0.1) is 0 Å². The van der Waals surface area contributed by atoms with E-state index in [2.05, 4.69) is 21.5 Å². The lowest BCUT2D eigenvalue weighted by atomic mass is 10.0. The number of nitrogens with one attached hydrogen (secondary N) is 1. The zero-order chi connectivity index (χ0) is 16.4. The summed E-state index contributed by atoms with van der Waals surface area (Å²) in [5, 5.41) is 17.0. The zero-order valence-corrected chi connectivity index (χ0v) is 13.3. The van der Waals surface area contributed by atoms with Crippen LogP contribution in [-0.2, 0) is 19.4 Å². The molecule has 0 amide bonds. The first-order chi connectivity index (χ1) is 11.1. The maximum Gasteiger partial charge on any atom is 0.161 e. The minimum atomic E-state index is -0.0116. The zero-order valence-electron chi connectivity index (χ0n) is 13.3. The molecule has 6 nitrogen and oxygen atoms in total. The largest absolute Gasteiger partial charge is 0.380 e. The molecule has 0 radical (unpaired) electrons. The molecule has 0 aliphatic carbocycles. The van der Waals surface area contributed by atoms with Crippen LogP contribution in [0.4, 0.5) is 5.69 Å². The molecule has 2 aromatic rings. The Balaban J connectivity index is 1.82. The highest BCUT2D eigenvalue weighted by molar-refractivity contribution is 5.99. The normalized spacial score (nSPS) is 16.5. The number of rotatable bonds is 4. The van der Waals surface area contributed by atoms with Gasteiger partial charge in [0, 0.05) is 30.1 Å². The molecule has 1 aliphatic rings. The second kappa shape index (κ2) is 6.21. The van der Waals surface area contributed by atoms with Crippen LogP contribution in [-0.4, -0.2) is 26.6 Å². The summed E-state index contributed by atoms with van der Waals surface area (Å²) >= 11 is 0. The number of hydrogen-bond acceptors (Lipinski definition) is 5. The maximum absolute atomic E-state index is 11.8. The van der Waals surface area contributed by atoms with E-state index in [1.54, 1.807) is 18.2 Å². The van der Waals surface area contributed by atoms with Gasteiger partial charge in [0.25, 0.3) is 0 Å². The summed E-state index contributed by atoms with van der Waals surface area (Å²) in [6.07, 6.45) is 2.62. The number of anilines is 1. The molecular formula is C17H19N5O. The van der Waals surface area contributed by atoms with Crippen LogP contribution in [0, 0.1) is 11.3 Å². The number of aryl methyl sites for hydroxylation is 2. The average molecular weight is 309 g/mol. The van der Waals surface area contributed by atoms with Crippen molar-refractivity contribution in [3.63, 3.8) is 0 Å². The molecule has 1 aromatic carbocycles. The summed E-state index contributed by atoms with van der Waals surface area (Å²) < 4.78 is 1.95. The first kappa shape index (κ1) is 15.2. The van der Waals surface area contributed by atoms with E-state index in [1.807, 2.05) is 11.6 Å². The number of Topliss-reactive ketones (excluding diaryl/α,β-unsaturated/α-hetero) is 1. The van der Waals surface area contributed by atoms with Gasteiger partial charge >= 0.3 is 0 Å². The molecule has 0 saturated heterocycles. The number of nitriles is 1. The molecule has 0 fully saturated rings. The van der Waals surface area contributed by atoms with Crippen LogP contribution in [0.5, 0.6) is 0 Å². The third-order valence-corrected chi connectivity index (χ3v) is 4.11. The fourth-order valence-corrected chi connectivity index (χ4v) is 2.89. The van der Waals surface area contributed by atoms with E-state index in [-0.39, 0.29) is 11.8 Å². The van der Waals surface area contributed by atoms with Crippen molar-refractivity contribution in [1.82, 2.24) is 14.8 Å². The van der Waals surface area contributed by atoms with Gasteiger partial charge < -0.3 is 5.32 Å². The van der Waals surface area contributed by atoms with E-state index in [4.69, 9.17) is 5.26 Å². The lowest BCUT2D eigenvalue weighted by Gasteiger charge is -2.25. The summed E-state index contributed by atoms with van der Waals surface area (Å²) in [6.45, 7) is 4.30. The van der Waals surface area contributed by atoms with Crippen LogP contribution in [0.2, 0.25) is 0 Å². The van der Waals surface area contributed by atoms with Crippen LogP contribution < -0.4 is 5.32 Å². The molecule has 0 saturated carbocycles. The van der Waals surface area contributed by atoms with E-state index in [0.717, 1.165) is 43.1 Å². The number of carbonyl (C=O) groups is 1. The van der Waals surface area contributed by atoms with Gasteiger partial charge in [-0.2, -0.15) is 10.4 Å². The molecule has 1 N–H and O–H groups in total. The molecule has 3 rings (SSSR count). The summed E-state index contributed by atoms with van der Waals surface area (Å²) in [5.74, 6) is 1.89. The highest BCUT2D eigenvalue weighted by Crippen LogP contribution is 2.23. The van der Waals surface area contributed by atoms with Crippen molar-refractivity contribution in [2.75, 3.05) is 5.32 Å². The maximum atomic E-state index is 11.8. The summed E-state index contributed by atoms with van der Waals surface area (Å²) in [4.78, 5) is 16.3. The Morgan fingerprint density at radius 2 is 2.35 bits per heavy atom. The fourth-order valence-electron chi connectivity index (χ4n) is 2.89. The first-order valence-corrected chi connectivity index (χ1v) is 7.85. The van der Waals surface area contributed by atoms with Crippen molar-refractivity contribution < 1.29 is 4.79 Å². The Morgan fingerprint density at radius 3 is 3.04 bits per heavy atom. The van der Waals surface area contributed by atoms with Crippen molar-refractivity contribution in [2.24, 2.45) is 0 Å². The van der Waals surface area contributed by atoms with Gasteiger partial charge in [0.05, 0.1) is 18.2 Å². The molecule has 1 aromatic heterocycles. The summed E-state index contributed by atoms with van der Waals surface area (Å²) in [5.41, 5.74) is 1.88. The van der Waals surface area contributed by atoms with Crippen molar-refractivity contribution in [3.05, 3.63) is 41.0 Å². The predicted molar refractivity (Wildman–Crippen MR) is 86.3 cm³/mol. The molecule has 1 atom stereocenters. The van der Waals surface area contributed by atoms with Crippen LogP contribution in [0.1, 0.15) is 47.8 Å². The van der Waals surface area contributed by atoms with Crippen molar-refractivity contribution in [3.8, 4) is 6.07 Å². The van der Waals surface area contributed by atoms with Crippen LogP contribution in [0.15, 0.2) is 18.2 Å². The van der Waals surface area contributed by atoms with E-state index in [0.29, 0.717) is 11.1 Å². The molecule has 118 valence electrons. The standard InChI is InChI=1S/C17H19N5O/c1-3-16-20-17-7-5-13(10-22(17)21-16)19-15-8-12(9-18)4-6-14(15)11(2)23/h4,6,8,13,19H,3,5,7,10H2,1-2H3. The number of ketones is 1. The highest BCUT2D eigenvalue weighted by Gasteiger charge is 2.22. The number of hydrogen-bond donors (Lipinski definition) is 1. The predicted octanol–water partition coefficient (Wildman–Crippen LogP) is 2.34.